The van der Waals surface area contributed by atoms with Crippen molar-refractivity contribution >= 4 is 5.97 Å². The van der Waals surface area contributed by atoms with Crippen molar-refractivity contribution in [3.63, 3.8) is 0 Å². The summed E-state index contributed by atoms with van der Waals surface area (Å²) in [5.74, 6) is -0.347. The Balaban J connectivity index is 1.34. The van der Waals surface area contributed by atoms with Crippen molar-refractivity contribution in [2.24, 2.45) is 17.8 Å². The fourth-order valence-electron chi connectivity index (χ4n) is 6.07. The smallest absolute Gasteiger partial charge is 0.305 e. The van der Waals surface area contributed by atoms with Crippen LogP contribution in [0.3, 0.4) is 0 Å². The Morgan fingerprint density at radius 1 is 1.21 bits per heavy atom. The first-order chi connectivity index (χ1) is 18.5. The van der Waals surface area contributed by atoms with Crippen molar-refractivity contribution in [1.29, 1.82) is 0 Å². The molecule has 6 atom stereocenters. The van der Waals surface area contributed by atoms with E-state index in [9.17, 15) is 9.90 Å². The fourth-order valence-corrected chi connectivity index (χ4v) is 6.07. The summed E-state index contributed by atoms with van der Waals surface area (Å²) in [4.78, 5) is 11.7. The lowest BCUT2D eigenvalue weighted by Gasteiger charge is -2.29. The molecule has 1 saturated heterocycles. The number of allylic oxidation sites excluding steroid dienone is 3. The Labute approximate surface area is 227 Å². The molecule has 38 heavy (non-hydrogen) atoms. The number of esters is 1. The summed E-state index contributed by atoms with van der Waals surface area (Å²) in [7, 11) is 0. The molecule has 0 amide bonds. The zero-order chi connectivity index (χ0) is 26.7. The first-order valence-electron chi connectivity index (χ1n) is 14.7. The van der Waals surface area contributed by atoms with E-state index in [0.29, 0.717) is 32.5 Å². The highest BCUT2D eigenvalue weighted by molar-refractivity contribution is 5.69. The van der Waals surface area contributed by atoms with E-state index in [0.717, 1.165) is 51.4 Å². The molecule has 0 bridgehead atoms. The predicted molar refractivity (Wildman–Crippen MR) is 146 cm³/mol. The number of hydrogen-bond acceptors (Lipinski definition) is 5. The molecule has 0 radical (unpaired) electrons. The van der Waals surface area contributed by atoms with Crippen LogP contribution < -0.4 is 0 Å². The highest BCUT2D eigenvalue weighted by Gasteiger charge is 2.43. The summed E-state index contributed by atoms with van der Waals surface area (Å²) < 4.78 is 32.6. The first-order valence-corrected chi connectivity index (χ1v) is 14.7. The second-order valence-electron chi connectivity index (χ2n) is 11.1. The highest BCUT2D eigenvalue weighted by Crippen LogP contribution is 2.41. The third-order valence-corrected chi connectivity index (χ3v) is 8.20. The van der Waals surface area contributed by atoms with Gasteiger partial charge < -0.3 is 19.3 Å². The lowest BCUT2D eigenvalue weighted by atomic mass is 9.88. The zero-order valence-corrected chi connectivity index (χ0v) is 22.8. The molecular weight excluding hydrogens is 483 g/mol. The van der Waals surface area contributed by atoms with E-state index in [-0.39, 0.29) is 36.1 Å². The summed E-state index contributed by atoms with van der Waals surface area (Å²) >= 11 is 0. The molecule has 210 valence electrons. The van der Waals surface area contributed by atoms with Gasteiger partial charge in [0.2, 0.25) is 0 Å². The maximum absolute atomic E-state index is 15.4. The maximum atomic E-state index is 15.4. The monoisotopic (exact) mass is 528 g/mol. The Morgan fingerprint density at radius 2 is 2.00 bits per heavy atom. The first kappa shape index (κ1) is 29.0. The highest BCUT2D eigenvalue weighted by atomic mass is 19.1. The Bertz CT molecular complexity index is 899. The van der Waals surface area contributed by atoms with E-state index in [1.54, 1.807) is 0 Å². The molecule has 1 unspecified atom stereocenters. The van der Waals surface area contributed by atoms with Gasteiger partial charge in [0, 0.05) is 25.4 Å². The number of ether oxygens (including phenoxy) is 3. The molecule has 0 spiro atoms. The number of carbonyl (C=O) groups excluding carboxylic acids is 1. The van der Waals surface area contributed by atoms with Gasteiger partial charge in [0.1, 0.15) is 6.17 Å². The molecule has 2 aliphatic carbocycles. The Hall–Kier alpha value is -2.02. The van der Waals surface area contributed by atoms with Gasteiger partial charge in [0.05, 0.1) is 18.8 Å². The normalized spacial score (nSPS) is 28.8. The minimum Gasteiger partial charge on any atom is -0.466 e. The van der Waals surface area contributed by atoms with Gasteiger partial charge in [-0.3, -0.25) is 4.79 Å². The SMILES string of the molecule is CCCOC(=O)CCCC=CC[C@@H]1[C@@H](C=C[C@H](O)C2Cc3ccccc3C2)[C@@H](F)C[C@@H]1OC1CCCCO1. The second kappa shape index (κ2) is 14.9. The average Bonchev–Trinajstić information content (AvgIpc) is 3.49. The van der Waals surface area contributed by atoms with Gasteiger partial charge in [-0.1, -0.05) is 55.5 Å². The molecule has 5 nitrogen and oxygen atoms in total. The molecule has 1 N–H and O–H groups in total. The van der Waals surface area contributed by atoms with Crippen LogP contribution in [0.15, 0.2) is 48.6 Å². The van der Waals surface area contributed by atoms with Gasteiger partial charge in [-0.25, -0.2) is 4.39 Å². The molecule has 1 saturated carbocycles. The van der Waals surface area contributed by atoms with E-state index < -0.39 is 12.3 Å². The fraction of sp³-hybridized carbons (Fsp3) is 0.656. The number of alkyl halides is 1. The summed E-state index contributed by atoms with van der Waals surface area (Å²) in [6.07, 6.45) is 14.3. The number of unbranched alkanes of at least 4 members (excludes halogenated alkanes) is 1. The van der Waals surface area contributed by atoms with Crippen molar-refractivity contribution in [3.05, 3.63) is 59.7 Å². The zero-order valence-electron chi connectivity index (χ0n) is 22.8. The van der Waals surface area contributed by atoms with Gasteiger partial charge in [0.25, 0.3) is 0 Å². The molecule has 1 heterocycles. The van der Waals surface area contributed by atoms with E-state index in [1.807, 2.05) is 31.2 Å². The Morgan fingerprint density at radius 3 is 2.71 bits per heavy atom. The molecule has 2 fully saturated rings. The van der Waals surface area contributed by atoms with Crippen LogP contribution in [0.2, 0.25) is 0 Å². The second-order valence-corrected chi connectivity index (χ2v) is 11.1. The van der Waals surface area contributed by atoms with Crippen LogP contribution in [0.4, 0.5) is 4.39 Å². The van der Waals surface area contributed by atoms with Crippen molar-refractivity contribution in [1.82, 2.24) is 0 Å². The van der Waals surface area contributed by atoms with Crippen LogP contribution in [-0.2, 0) is 31.8 Å². The number of fused-ring (bicyclic) bond motifs is 1. The van der Waals surface area contributed by atoms with Crippen LogP contribution in [-0.4, -0.2) is 49.0 Å². The summed E-state index contributed by atoms with van der Waals surface area (Å²) in [5, 5.41) is 10.9. The third-order valence-electron chi connectivity index (χ3n) is 8.20. The van der Waals surface area contributed by atoms with E-state index in [1.165, 1.54) is 11.1 Å². The van der Waals surface area contributed by atoms with Gasteiger partial charge in [-0.05, 0) is 80.8 Å². The summed E-state index contributed by atoms with van der Waals surface area (Å²) in [6, 6.07) is 8.35. The molecule has 0 aromatic heterocycles. The van der Waals surface area contributed by atoms with Crippen molar-refractivity contribution in [2.45, 2.75) is 102 Å². The van der Waals surface area contributed by atoms with Crippen molar-refractivity contribution in [2.75, 3.05) is 13.2 Å². The number of hydrogen-bond donors (Lipinski definition) is 1. The molecule has 1 aromatic carbocycles. The summed E-state index contributed by atoms with van der Waals surface area (Å²) in [6.45, 7) is 3.15. The number of halogens is 1. The number of rotatable bonds is 13. The predicted octanol–water partition coefficient (Wildman–Crippen LogP) is 6.27. The largest absolute Gasteiger partial charge is 0.466 e. The number of aliphatic hydroxyl groups excluding tert-OH is 1. The molecule has 6 heteroatoms. The van der Waals surface area contributed by atoms with Crippen LogP contribution in [0.25, 0.3) is 0 Å². The van der Waals surface area contributed by atoms with E-state index in [4.69, 9.17) is 14.2 Å². The quantitative estimate of drug-likeness (QED) is 0.186. The minimum atomic E-state index is -1.01. The minimum absolute atomic E-state index is 0.0227. The van der Waals surface area contributed by atoms with E-state index in [2.05, 4.69) is 24.3 Å². The molecular formula is C32H45FO5. The average molecular weight is 529 g/mol. The topological polar surface area (TPSA) is 65.0 Å². The van der Waals surface area contributed by atoms with Gasteiger partial charge in [-0.15, -0.1) is 0 Å². The Kier molecular flexibility index (Phi) is 11.4. The molecule has 3 aliphatic rings. The van der Waals surface area contributed by atoms with Crippen LogP contribution in [0, 0.1) is 17.8 Å². The van der Waals surface area contributed by atoms with Crippen molar-refractivity contribution in [3.8, 4) is 0 Å². The van der Waals surface area contributed by atoms with Gasteiger partial charge in [-0.2, -0.15) is 0 Å². The lowest BCUT2D eigenvalue weighted by molar-refractivity contribution is -0.195. The standard InChI is InChI=1S/C32H45FO5/c1-2-18-36-31(35)14-6-4-3-5-13-27-26(28(33)22-30(27)38-32-15-9-10-19-37-32)16-17-29(34)25-20-23-11-7-8-12-24(23)21-25/h3,5,7-8,11-12,16-17,25-30,32,34H,2,4,6,9-10,13-15,18-22H2,1H3/t26-,27-,28+,29+,30+,32?/m1/s1. The van der Waals surface area contributed by atoms with Crippen LogP contribution in [0.5, 0.6) is 0 Å². The van der Waals surface area contributed by atoms with E-state index >= 15 is 4.39 Å². The third kappa shape index (κ3) is 8.24. The molecule has 4 rings (SSSR count). The molecule has 1 aromatic rings. The number of aliphatic hydroxyl groups is 1. The van der Waals surface area contributed by atoms with Crippen molar-refractivity contribution < 1.29 is 28.5 Å². The maximum Gasteiger partial charge on any atom is 0.305 e. The lowest BCUT2D eigenvalue weighted by Crippen LogP contribution is -2.31. The number of benzene rings is 1. The van der Waals surface area contributed by atoms with Crippen LogP contribution >= 0.6 is 0 Å². The molecule has 1 aliphatic heterocycles. The summed E-state index contributed by atoms with van der Waals surface area (Å²) in [5.41, 5.74) is 2.61. The van der Waals surface area contributed by atoms with Gasteiger partial charge >= 0.3 is 5.97 Å². The van der Waals surface area contributed by atoms with Crippen LogP contribution in [0.1, 0.15) is 75.8 Å². The number of carbonyl (C=O) groups is 1. The van der Waals surface area contributed by atoms with Gasteiger partial charge in [0.15, 0.2) is 6.29 Å².